The molecule has 1 N–H and O–H groups in total. The number of methoxy groups -OCH3 is 1. The molecule has 0 unspecified atom stereocenters. The van der Waals surface area contributed by atoms with Crippen LogP contribution in [0.15, 0.2) is 48.7 Å². The molecule has 2 aromatic heterocycles. The molecule has 0 fully saturated rings. The third kappa shape index (κ3) is 2.30. The maximum Gasteiger partial charge on any atom is 0.337 e. The van der Waals surface area contributed by atoms with Crippen LogP contribution in [0, 0.1) is 0 Å². The average Bonchev–Trinajstić information content (AvgIpc) is 3.03. The Kier molecular flexibility index (Phi) is 3.01. The topological polar surface area (TPSA) is 80.8 Å². The average molecular weight is 304 g/mol. The largest absolute Gasteiger partial charge is 0.465 e. The fraction of sp³-hybridized carbons (Fsp3) is 0.0588. The van der Waals surface area contributed by atoms with Crippen LogP contribution in [0.25, 0.3) is 33.6 Å². The van der Waals surface area contributed by atoms with E-state index in [1.807, 2.05) is 24.3 Å². The Morgan fingerprint density at radius 1 is 1.04 bits per heavy atom. The number of aromatic nitrogens is 4. The molecule has 0 amide bonds. The Labute approximate surface area is 131 Å². The zero-order chi connectivity index (χ0) is 15.8. The summed E-state index contributed by atoms with van der Waals surface area (Å²) in [7, 11) is 1.36. The molecule has 0 aliphatic heterocycles. The van der Waals surface area contributed by atoms with Gasteiger partial charge in [-0.15, -0.1) is 0 Å². The molecule has 0 atom stereocenters. The number of para-hydroxylation sites is 2. The van der Waals surface area contributed by atoms with E-state index in [0.29, 0.717) is 17.1 Å². The Morgan fingerprint density at radius 3 is 2.70 bits per heavy atom. The molecular formula is C17H12N4O2. The van der Waals surface area contributed by atoms with Crippen LogP contribution < -0.4 is 0 Å². The second kappa shape index (κ2) is 5.17. The van der Waals surface area contributed by atoms with Crippen molar-refractivity contribution in [3.8, 4) is 11.5 Å². The molecule has 2 heterocycles. The molecule has 4 aromatic rings. The number of nitrogens with zero attached hydrogens (tertiary/aromatic N) is 3. The lowest BCUT2D eigenvalue weighted by Crippen LogP contribution is -2.00. The summed E-state index contributed by atoms with van der Waals surface area (Å²) in [5, 5.41) is 0. The minimum absolute atomic E-state index is 0.381. The van der Waals surface area contributed by atoms with E-state index in [0.717, 1.165) is 22.1 Å². The summed E-state index contributed by atoms with van der Waals surface area (Å²) in [6.07, 6.45) is 1.68. The van der Waals surface area contributed by atoms with Crippen LogP contribution in [-0.4, -0.2) is 33.0 Å². The van der Waals surface area contributed by atoms with E-state index in [1.165, 1.54) is 7.11 Å². The van der Waals surface area contributed by atoms with Gasteiger partial charge in [0.05, 0.1) is 40.9 Å². The Bertz CT molecular complexity index is 1040. The van der Waals surface area contributed by atoms with Crippen molar-refractivity contribution in [2.75, 3.05) is 7.11 Å². The number of fused-ring (bicyclic) bond motifs is 2. The molecule has 0 bridgehead atoms. The second-order valence-electron chi connectivity index (χ2n) is 5.05. The normalized spacial score (nSPS) is 11.0. The van der Waals surface area contributed by atoms with Gasteiger partial charge >= 0.3 is 5.97 Å². The van der Waals surface area contributed by atoms with Crippen molar-refractivity contribution in [3.63, 3.8) is 0 Å². The first-order valence-corrected chi connectivity index (χ1v) is 7.05. The molecule has 0 saturated heterocycles. The minimum atomic E-state index is -0.381. The van der Waals surface area contributed by atoms with E-state index in [-0.39, 0.29) is 5.97 Å². The van der Waals surface area contributed by atoms with E-state index in [1.54, 1.807) is 24.4 Å². The third-order valence-electron chi connectivity index (χ3n) is 3.59. The Hall–Kier alpha value is -3.28. The summed E-state index contributed by atoms with van der Waals surface area (Å²) in [5.41, 5.74) is 4.26. The summed E-state index contributed by atoms with van der Waals surface area (Å²) in [4.78, 5) is 28.2. The highest BCUT2D eigenvalue weighted by molar-refractivity contribution is 5.94. The Balaban J connectivity index is 1.82. The van der Waals surface area contributed by atoms with E-state index in [9.17, 15) is 4.79 Å². The molecule has 6 nitrogen and oxygen atoms in total. The predicted octanol–water partition coefficient (Wildman–Crippen LogP) is 2.96. The maximum atomic E-state index is 11.6. The predicted molar refractivity (Wildman–Crippen MR) is 86.0 cm³/mol. The zero-order valence-corrected chi connectivity index (χ0v) is 12.3. The quantitative estimate of drug-likeness (QED) is 0.576. The van der Waals surface area contributed by atoms with Gasteiger partial charge in [-0.1, -0.05) is 12.1 Å². The summed E-state index contributed by atoms with van der Waals surface area (Å²) in [5.74, 6) is 0.230. The molecular weight excluding hydrogens is 292 g/mol. The van der Waals surface area contributed by atoms with E-state index < -0.39 is 0 Å². The molecule has 0 aliphatic carbocycles. The van der Waals surface area contributed by atoms with Gasteiger partial charge in [0.2, 0.25) is 0 Å². The summed E-state index contributed by atoms with van der Waals surface area (Å²) < 4.78 is 4.73. The van der Waals surface area contributed by atoms with Crippen LogP contribution in [-0.2, 0) is 4.74 Å². The van der Waals surface area contributed by atoms with Crippen LogP contribution >= 0.6 is 0 Å². The van der Waals surface area contributed by atoms with Crippen molar-refractivity contribution in [2.45, 2.75) is 0 Å². The number of imidazole rings is 1. The van der Waals surface area contributed by atoms with Gasteiger partial charge in [-0.05, 0) is 30.3 Å². The lowest BCUT2D eigenvalue weighted by molar-refractivity contribution is 0.0601. The SMILES string of the molecule is COC(=O)c1ccc2nc(-c3cnc4ccccc4n3)[nH]c2c1. The van der Waals surface area contributed by atoms with Crippen LogP contribution in [0.5, 0.6) is 0 Å². The highest BCUT2D eigenvalue weighted by Gasteiger charge is 2.11. The second-order valence-corrected chi connectivity index (χ2v) is 5.05. The van der Waals surface area contributed by atoms with Crippen molar-refractivity contribution >= 4 is 28.0 Å². The molecule has 0 saturated carbocycles. The van der Waals surface area contributed by atoms with Crippen LogP contribution in [0.4, 0.5) is 0 Å². The fourth-order valence-corrected chi connectivity index (χ4v) is 2.45. The molecule has 0 spiro atoms. The number of esters is 1. The van der Waals surface area contributed by atoms with E-state index in [2.05, 4.69) is 19.9 Å². The molecule has 4 rings (SSSR count). The highest BCUT2D eigenvalue weighted by atomic mass is 16.5. The maximum absolute atomic E-state index is 11.6. The fourth-order valence-electron chi connectivity index (χ4n) is 2.45. The minimum Gasteiger partial charge on any atom is -0.465 e. The number of aromatic amines is 1. The summed E-state index contributed by atoms with van der Waals surface area (Å²) in [6, 6.07) is 12.8. The van der Waals surface area contributed by atoms with Gasteiger partial charge in [-0.25, -0.2) is 14.8 Å². The van der Waals surface area contributed by atoms with Crippen molar-refractivity contribution < 1.29 is 9.53 Å². The monoisotopic (exact) mass is 304 g/mol. The molecule has 0 aliphatic rings. The van der Waals surface area contributed by atoms with Gasteiger partial charge in [0, 0.05) is 0 Å². The first kappa shape index (κ1) is 13.4. The lowest BCUT2D eigenvalue weighted by atomic mass is 10.2. The number of hydrogen-bond donors (Lipinski definition) is 1. The zero-order valence-electron chi connectivity index (χ0n) is 12.3. The van der Waals surface area contributed by atoms with E-state index >= 15 is 0 Å². The molecule has 112 valence electrons. The van der Waals surface area contributed by atoms with Gasteiger partial charge < -0.3 is 9.72 Å². The first-order valence-electron chi connectivity index (χ1n) is 7.05. The number of H-pyrrole nitrogens is 1. The van der Waals surface area contributed by atoms with Gasteiger partial charge in [0.1, 0.15) is 5.69 Å². The van der Waals surface area contributed by atoms with Gasteiger partial charge in [-0.2, -0.15) is 0 Å². The van der Waals surface area contributed by atoms with Gasteiger partial charge in [0.25, 0.3) is 0 Å². The number of benzene rings is 2. The third-order valence-corrected chi connectivity index (χ3v) is 3.59. The van der Waals surface area contributed by atoms with Crippen LogP contribution in [0.2, 0.25) is 0 Å². The lowest BCUT2D eigenvalue weighted by Gasteiger charge is -1.98. The van der Waals surface area contributed by atoms with Gasteiger partial charge in [-0.3, -0.25) is 4.98 Å². The van der Waals surface area contributed by atoms with E-state index in [4.69, 9.17) is 4.74 Å². The van der Waals surface area contributed by atoms with Gasteiger partial charge in [0.15, 0.2) is 5.82 Å². The summed E-state index contributed by atoms with van der Waals surface area (Å²) in [6.45, 7) is 0. The first-order chi connectivity index (χ1) is 11.2. The molecule has 23 heavy (non-hydrogen) atoms. The highest BCUT2D eigenvalue weighted by Crippen LogP contribution is 2.21. The number of hydrogen-bond acceptors (Lipinski definition) is 5. The smallest absolute Gasteiger partial charge is 0.337 e. The van der Waals surface area contributed by atoms with Crippen LogP contribution in [0.3, 0.4) is 0 Å². The Morgan fingerprint density at radius 2 is 1.87 bits per heavy atom. The number of nitrogens with one attached hydrogen (secondary N) is 1. The van der Waals surface area contributed by atoms with Crippen molar-refractivity contribution in [3.05, 3.63) is 54.2 Å². The molecule has 0 radical (unpaired) electrons. The van der Waals surface area contributed by atoms with Crippen molar-refractivity contribution in [1.29, 1.82) is 0 Å². The number of carbonyl (C=O) groups excluding carboxylic acids is 1. The van der Waals surface area contributed by atoms with Crippen molar-refractivity contribution in [1.82, 2.24) is 19.9 Å². The van der Waals surface area contributed by atoms with Crippen molar-refractivity contribution in [2.24, 2.45) is 0 Å². The number of ether oxygens (including phenoxy) is 1. The van der Waals surface area contributed by atoms with Crippen LogP contribution in [0.1, 0.15) is 10.4 Å². The standard InChI is InChI=1S/C17H12N4O2/c1-23-17(22)10-6-7-13-14(8-10)21-16(20-13)15-9-18-11-4-2-3-5-12(11)19-15/h2-9H,1H3,(H,20,21). The number of carbonyl (C=O) groups is 1. The molecule has 6 heteroatoms. The number of rotatable bonds is 2. The summed E-state index contributed by atoms with van der Waals surface area (Å²) >= 11 is 0. The molecule has 2 aromatic carbocycles.